The molecule has 0 saturated carbocycles. The second-order valence-corrected chi connectivity index (χ2v) is 4.96. The Morgan fingerprint density at radius 3 is 2.38 bits per heavy atom. The average Bonchev–Trinajstić information content (AvgIpc) is 2.93. The molecule has 0 saturated heterocycles. The number of halogens is 1. The zero-order valence-electron chi connectivity index (χ0n) is 12.0. The minimum absolute atomic E-state index is 0.246. The topological polar surface area (TPSA) is 41.6 Å². The molecule has 0 aliphatic rings. The van der Waals surface area contributed by atoms with E-state index >= 15 is 0 Å². The number of rotatable bonds is 3. The maximum Gasteiger partial charge on any atom is 0.138 e. The molecule has 2 aromatic heterocycles. The summed E-state index contributed by atoms with van der Waals surface area (Å²) in [7, 11) is 0. The van der Waals surface area contributed by atoms with Crippen LogP contribution >= 0.6 is 0 Å². The van der Waals surface area contributed by atoms with Crippen LogP contribution in [0.4, 0.5) is 4.39 Å². The van der Waals surface area contributed by atoms with E-state index in [0.29, 0.717) is 0 Å². The molecule has 3 rings (SSSR count). The average molecular weight is 281 g/mol. The molecule has 0 unspecified atom stereocenters. The molecule has 1 aromatic carbocycles. The van der Waals surface area contributed by atoms with E-state index in [-0.39, 0.29) is 5.82 Å². The van der Waals surface area contributed by atoms with Gasteiger partial charge in [-0.25, -0.2) is 9.37 Å². The summed E-state index contributed by atoms with van der Waals surface area (Å²) in [4.78, 5) is 12.3. The van der Waals surface area contributed by atoms with Gasteiger partial charge < -0.3 is 4.98 Å². The first-order valence-electron chi connectivity index (χ1n) is 6.95. The molecule has 2 heterocycles. The quantitative estimate of drug-likeness (QED) is 0.783. The van der Waals surface area contributed by atoms with Crippen molar-refractivity contribution in [2.45, 2.75) is 20.3 Å². The van der Waals surface area contributed by atoms with Crippen molar-refractivity contribution in [3.63, 3.8) is 0 Å². The lowest BCUT2D eigenvalue weighted by molar-refractivity contribution is 0.628. The largest absolute Gasteiger partial charge is 0.341 e. The van der Waals surface area contributed by atoms with Gasteiger partial charge in [-0.1, -0.05) is 6.92 Å². The molecule has 4 heteroatoms. The molecule has 21 heavy (non-hydrogen) atoms. The number of aromatic nitrogens is 3. The molecular formula is C17H16FN3. The van der Waals surface area contributed by atoms with Gasteiger partial charge in [-0.3, -0.25) is 4.98 Å². The van der Waals surface area contributed by atoms with Crippen LogP contribution in [-0.4, -0.2) is 15.0 Å². The lowest BCUT2D eigenvalue weighted by Gasteiger charge is -2.00. The monoisotopic (exact) mass is 281 g/mol. The van der Waals surface area contributed by atoms with E-state index in [0.717, 1.165) is 40.5 Å². The zero-order chi connectivity index (χ0) is 14.8. The predicted molar refractivity (Wildman–Crippen MR) is 81.3 cm³/mol. The molecule has 0 aliphatic carbocycles. The Morgan fingerprint density at radius 1 is 1.05 bits per heavy atom. The summed E-state index contributed by atoms with van der Waals surface area (Å²) >= 11 is 0. The van der Waals surface area contributed by atoms with E-state index < -0.39 is 0 Å². The normalized spacial score (nSPS) is 10.8. The summed E-state index contributed by atoms with van der Waals surface area (Å²) < 4.78 is 13.0. The summed E-state index contributed by atoms with van der Waals surface area (Å²) in [5.41, 5.74) is 4.80. The number of hydrogen-bond acceptors (Lipinski definition) is 2. The van der Waals surface area contributed by atoms with Gasteiger partial charge in [0.05, 0.1) is 5.69 Å². The highest BCUT2D eigenvalue weighted by molar-refractivity contribution is 5.67. The van der Waals surface area contributed by atoms with E-state index in [1.165, 1.54) is 12.1 Å². The van der Waals surface area contributed by atoms with Crippen LogP contribution < -0.4 is 0 Å². The van der Waals surface area contributed by atoms with Crippen LogP contribution in [0.25, 0.3) is 22.6 Å². The Labute approximate surface area is 122 Å². The fourth-order valence-electron chi connectivity index (χ4n) is 2.26. The Hall–Kier alpha value is -2.49. The van der Waals surface area contributed by atoms with Gasteiger partial charge in [0.15, 0.2) is 0 Å². The molecular weight excluding hydrogens is 265 g/mol. The summed E-state index contributed by atoms with van der Waals surface area (Å²) in [6.07, 6.45) is 2.68. The minimum atomic E-state index is -0.246. The number of nitrogens with one attached hydrogen (secondary N) is 1. The van der Waals surface area contributed by atoms with E-state index in [4.69, 9.17) is 0 Å². The van der Waals surface area contributed by atoms with Crippen LogP contribution in [0.2, 0.25) is 0 Å². The third kappa shape index (κ3) is 2.70. The molecule has 3 nitrogen and oxygen atoms in total. The molecule has 0 atom stereocenters. The van der Waals surface area contributed by atoms with Gasteiger partial charge in [0.25, 0.3) is 0 Å². The minimum Gasteiger partial charge on any atom is -0.341 e. The maximum absolute atomic E-state index is 13.0. The summed E-state index contributed by atoms with van der Waals surface area (Å²) in [6.45, 7) is 4.03. The molecule has 0 bridgehead atoms. The van der Waals surface area contributed by atoms with E-state index in [1.807, 2.05) is 25.3 Å². The SMILES string of the molecule is CCc1[nH]c(-c2ccc(F)cc2)nc1-c1ccc(C)nc1. The Kier molecular flexibility index (Phi) is 3.52. The van der Waals surface area contributed by atoms with Crippen molar-refractivity contribution >= 4 is 0 Å². The second-order valence-electron chi connectivity index (χ2n) is 4.96. The second kappa shape index (κ2) is 5.48. The predicted octanol–water partition coefficient (Wildman–Crippen LogP) is 4.15. The Bertz CT molecular complexity index is 743. The van der Waals surface area contributed by atoms with Crippen molar-refractivity contribution in [2.24, 2.45) is 0 Å². The molecule has 3 aromatic rings. The van der Waals surface area contributed by atoms with Crippen molar-refractivity contribution in [3.05, 3.63) is 59.8 Å². The standard InChI is InChI=1S/C17H16FN3/c1-3-15-16(13-5-4-11(2)19-10-13)21-17(20-15)12-6-8-14(18)9-7-12/h4-10H,3H2,1-2H3,(H,20,21). The third-order valence-corrected chi connectivity index (χ3v) is 3.43. The summed E-state index contributed by atoms with van der Waals surface area (Å²) in [6, 6.07) is 10.3. The van der Waals surface area contributed by atoms with E-state index in [9.17, 15) is 4.39 Å². The highest BCUT2D eigenvalue weighted by atomic mass is 19.1. The molecule has 0 radical (unpaired) electrons. The Balaban J connectivity index is 2.05. The van der Waals surface area contributed by atoms with Gasteiger partial charge >= 0.3 is 0 Å². The molecule has 1 N–H and O–H groups in total. The van der Waals surface area contributed by atoms with Crippen molar-refractivity contribution in [1.29, 1.82) is 0 Å². The highest BCUT2D eigenvalue weighted by Crippen LogP contribution is 2.26. The van der Waals surface area contributed by atoms with Gasteiger partial charge in [-0.05, 0) is 49.7 Å². The number of H-pyrrole nitrogens is 1. The number of hydrogen-bond donors (Lipinski definition) is 1. The van der Waals surface area contributed by atoms with Gasteiger partial charge in [0.2, 0.25) is 0 Å². The van der Waals surface area contributed by atoms with Crippen LogP contribution in [0.15, 0.2) is 42.6 Å². The lowest BCUT2D eigenvalue weighted by Crippen LogP contribution is -1.87. The lowest BCUT2D eigenvalue weighted by atomic mass is 10.1. The summed E-state index contributed by atoms with van der Waals surface area (Å²) in [5.74, 6) is 0.506. The molecule has 0 fully saturated rings. The highest BCUT2D eigenvalue weighted by Gasteiger charge is 2.12. The van der Waals surface area contributed by atoms with Gasteiger partial charge in [-0.2, -0.15) is 0 Å². The fourth-order valence-corrected chi connectivity index (χ4v) is 2.26. The number of nitrogens with zero attached hydrogens (tertiary/aromatic N) is 2. The van der Waals surface area contributed by atoms with Crippen molar-refractivity contribution in [2.75, 3.05) is 0 Å². The fraction of sp³-hybridized carbons (Fsp3) is 0.176. The Morgan fingerprint density at radius 2 is 1.76 bits per heavy atom. The smallest absolute Gasteiger partial charge is 0.138 e. The first-order valence-corrected chi connectivity index (χ1v) is 6.95. The van der Waals surface area contributed by atoms with Crippen molar-refractivity contribution in [1.82, 2.24) is 15.0 Å². The van der Waals surface area contributed by atoms with Crippen molar-refractivity contribution < 1.29 is 4.39 Å². The van der Waals surface area contributed by atoms with Crippen LogP contribution in [-0.2, 0) is 6.42 Å². The van der Waals surface area contributed by atoms with Crippen LogP contribution in [0.1, 0.15) is 18.3 Å². The molecule has 0 spiro atoms. The molecule has 0 amide bonds. The van der Waals surface area contributed by atoms with Crippen LogP contribution in [0.5, 0.6) is 0 Å². The van der Waals surface area contributed by atoms with E-state index in [1.54, 1.807) is 12.1 Å². The maximum atomic E-state index is 13.0. The zero-order valence-corrected chi connectivity index (χ0v) is 12.0. The van der Waals surface area contributed by atoms with Crippen LogP contribution in [0, 0.1) is 12.7 Å². The first kappa shape index (κ1) is 13.5. The molecule has 106 valence electrons. The van der Waals surface area contributed by atoms with Crippen molar-refractivity contribution in [3.8, 4) is 22.6 Å². The van der Waals surface area contributed by atoms with Crippen LogP contribution in [0.3, 0.4) is 0 Å². The number of imidazole rings is 1. The number of aryl methyl sites for hydroxylation is 2. The van der Waals surface area contributed by atoms with E-state index in [2.05, 4.69) is 21.9 Å². The number of benzene rings is 1. The molecule has 0 aliphatic heterocycles. The van der Waals surface area contributed by atoms with Gasteiger partial charge in [-0.15, -0.1) is 0 Å². The first-order chi connectivity index (χ1) is 10.2. The van der Waals surface area contributed by atoms with Gasteiger partial charge in [0, 0.05) is 28.7 Å². The van der Waals surface area contributed by atoms with Gasteiger partial charge in [0.1, 0.15) is 11.6 Å². The third-order valence-electron chi connectivity index (χ3n) is 3.43. The number of aromatic amines is 1. The summed E-state index contributed by atoms with van der Waals surface area (Å²) in [5, 5.41) is 0. The number of pyridine rings is 1.